The zero-order valence-corrected chi connectivity index (χ0v) is 11.0. The summed E-state index contributed by atoms with van der Waals surface area (Å²) in [4.78, 5) is 0. The molecule has 0 spiro atoms. The average molecular weight is 280 g/mol. The van der Waals surface area contributed by atoms with Gasteiger partial charge in [0.1, 0.15) is 12.1 Å². The number of aliphatic hydroxyl groups is 1. The number of hydrogen-bond acceptors (Lipinski definition) is 5. The monoisotopic (exact) mass is 280 g/mol. The maximum atomic E-state index is 13.3. The highest BCUT2D eigenvalue weighted by Crippen LogP contribution is 2.07. The Morgan fingerprint density at radius 3 is 2.95 bits per heavy atom. The fourth-order valence-electron chi connectivity index (χ4n) is 1.67. The molecule has 2 rings (SSSR count). The fourth-order valence-corrected chi connectivity index (χ4v) is 1.67. The number of aromatic nitrogens is 1. The maximum Gasteiger partial charge on any atom is 0.128 e. The standard InChI is InChI=1S/C14H17FN2O3/c15-14-4-2-1-3-11(14)9-19-10-13(18)8-16-7-12-5-6-20-17-12/h1-6,13,16,18H,7-10H2. The molecular formula is C14H17FN2O3. The molecule has 0 saturated carbocycles. The molecule has 0 fully saturated rings. The van der Waals surface area contributed by atoms with Gasteiger partial charge in [-0.25, -0.2) is 4.39 Å². The molecule has 2 N–H and O–H groups in total. The summed E-state index contributed by atoms with van der Waals surface area (Å²) in [6.07, 6.45) is 0.832. The van der Waals surface area contributed by atoms with Crippen LogP contribution in [0.4, 0.5) is 4.39 Å². The van der Waals surface area contributed by atoms with Crippen molar-refractivity contribution in [1.82, 2.24) is 10.5 Å². The van der Waals surface area contributed by atoms with E-state index in [4.69, 9.17) is 4.74 Å². The van der Waals surface area contributed by atoms with E-state index in [0.717, 1.165) is 5.69 Å². The summed E-state index contributed by atoms with van der Waals surface area (Å²) in [7, 11) is 0. The minimum atomic E-state index is -0.659. The van der Waals surface area contributed by atoms with Crippen LogP contribution in [0.15, 0.2) is 41.1 Å². The Bertz CT molecular complexity index is 505. The van der Waals surface area contributed by atoms with Gasteiger partial charge in [-0.2, -0.15) is 0 Å². The molecule has 0 radical (unpaired) electrons. The Balaban J connectivity index is 1.60. The highest BCUT2D eigenvalue weighted by Gasteiger charge is 2.06. The van der Waals surface area contributed by atoms with Gasteiger partial charge in [0, 0.05) is 24.7 Å². The summed E-state index contributed by atoms with van der Waals surface area (Å²) < 4.78 is 23.3. The predicted molar refractivity (Wildman–Crippen MR) is 70.3 cm³/mol. The lowest BCUT2D eigenvalue weighted by molar-refractivity contribution is 0.0277. The van der Waals surface area contributed by atoms with Gasteiger partial charge < -0.3 is 19.7 Å². The molecule has 0 aliphatic rings. The molecular weight excluding hydrogens is 263 g/mol. The third-order valence-corrected chi connectivity index (χ3v) is 2.70. The highest BCUT2D eigenvalue weighted by atomic mass is 19.1. The summed E-state index contributed by atoms with van der Waals surface area (Å²) in [5.41, 5.74) is 1.25. The van der Waals surface area contributed by atoms with Crippen molar-refractivity contribution in [2.75, 3.05) is 13.2 Å². The molecule has 1 aromatic heterocycles. The first-order valence-electron chi connectivity index (χ1n) is 6.35. The molecule has 6 heteroatoms. The van der Waals surface area contributed by atoms with E-state index in [1.54, 1.807) is 24.3 Å². The molecule has 0 bridgehead atoms. The molecule has 0 saturated heterocycles. The highest BCUT2D eigenvalue weighted by molar-refractivity contribution is 5.16. The third-order valence-electron chi connectivity index (χ3n) is 2.70. The molecule has 1 aromatic carbocycles. The van der Waals surface area contributed by atoms with E-state index in [2.05, 4.69) is 15.0 Å². The van der Waals surface area contributed by atoms with Gasteiger partial charge in [0.15, 0.2) is 0 Å². The minimum absolute atomic E-state index is 0.139. The van der Waals surface area contributed by atoms with Gasteiger partial charge in [0.25, 0.3) is 0 Å². The molecule has 2 aromatic rings. The van der Waals surface area contributed by atoms with Crippen LogP contribution in [0.5, 0.6) is 0 Å². The lowest BCUT2D eigenvalue weighted by atomic mass is 10.2. The van der Waals surface area contributed by atoms with Crippen molar-refractivity contribution in [2.24, 2.45) is 0 Å². The number of hydrogen-bond donors (Lipinski definition) is 2. The largest absolute Gasteiger partial charge is 0.389 e. The maximum absolute atomic E-state index is 13.3. The molecule has 20 heavy (non-hydrogen) atoms. The SMILES string of the molecule is OC(CNCc1ccon1)COCc1ccccc1F. The summed E-state index contributed by atoms with van der Waals surface area (Å²) >= 11 is 0. The zero-order valence-electron chi connectivity index (χ0n) is 11.0. The fraction of sp³-hybridized carbons (Fsp3) is 0.357. The molecule has 0 amide bonds. The summed E-state index contributed by atoms with van der Waals surface area (Å²) in [6, 6.07) is 8.16. The number of ether oxygens (including phenoxy) is 1. The van der Waals surface area contributed by atoms with Crippen molar-refractivity contribution < 1.29 is 18.8 Å². The first-order valence-corrected chi connectivity index (χ1v) is 6.35. The van der Waals surface area contributed by atoms with Gasteiger partial charge in [0.2, 0.25) is 0 Å². The second kappa shape index (κ2) is 7.74. The Kier molecular flexibility index (Phi) is 5.67. The van der Waals surface area contributed by atoms with Gasteiger partial charge >= 0.3 is 0 Å². The number of rotatable bonds is 8. The number of halogens is 1. The van der Waals surface area contributed by atoms with Crippen LogP contribution in [-0.4, -0.2) is 29.5 Å². The minimum Gasteiger partial charge on any atom is -0.389 e. The molecule has 1 heterocycles. The smallest absolute Gasteiger partial charge is 0.128 e. The van der Waals surface area contributed by atoms with Crippen LogP contribution >= 0.6 is 0 Å². The van der Waals surface area contributed by atoms with E-state index in [9.17, 15) is 9.50 Å². The zero-order chi connectivity index (χ0) is 14.2. The number of nitrogens with one attached hydrogen (secondary N) is 1. The number of nitrogens with zero attached hydrogens (tertiary/aromatic N) is 1. The molecule has 1 unspecified atom stereocenters. The topological polar surface area (TPSA) is 67.5 Å². The average Bonchev–Trinajstić information content (AvgIpc) is 2.94. The van der Waals surface area contributed by atoms with Crippen molar-refractivity contribution in [2.45, 2.75) is 19.3 Å². The van der Waals surface area contributed by atoms with Crippen molar-refractivity contribution in [3.8, 4) is 0 Å². The Morgan fingerprint density at radius 1 is 1.35 bits per heavy atom. The van der Waals surface area contributed by atoms with E-state index in [1.165, 1.54) is 12.3 Å². The van der Waals surface area contributed by atoms with Crippen LogP contribution in [-0.2, 0) is 17.9 Å². The van der Waals surface area contributed by atoms with Crippen molar-refractivity contribution in [1.29, 1.82) is 0 Å². The van der Waals surface area contributed by atoms with E-state index >= 15 is 0 Å². The lowest BCUT2D eigenvalue weighted by Gasteiger charge is -2.12. The van der Waals surface area contributed by atoms with Crippen molar-refractivity contribution in [3.63, 3.8) is 0 Å². The Hall–Kier alpha value is -1.76. The van der Waals surface area contributed by atoms with E-state index in [1.807, 2.05) is 0 Å². The summed E-state index contributed by atoms with van der Waals surface area (Å²) in [5.74, 6) is -0.300. The third kappa shape index (κ3) is 4.73. The van der Waals surface area contributed by atoms with Crippen LogP contribution in [0, 0.1) is 5.82 Å². The second-order valence-electron chi connectivity index (χ2n) is 4.38. The lowest BCUT2D eigenvalue weighted by Crippen LogP contribution is -2.30. The van der Waals surface area contributed by atoms with E-state index in [0.29, 0.717) is 18.7 Å². The first-order chi connectivity index (χ1) is 9.75. The van der Waals surface area contributed by atoms with Crippen LogP contribution < -0.4 is 5.32 Å². The molecule has 0 aliphatic carbocycles. The van der Waals surface area contributed by atoms with Crippen LogP contribution in [0.25, 0.3) is 0 Å². The number of aliphatic hydroxyl groups excluding tert-OH is 1. The van der Waals surface area contributed by atoms with Gasteiger partial charge in [-0.15, -0.1) is 0 Å². The van der Waals surface area contributed by atoms with Crippen LogP contribution in [0.3, 0.4) is 0 Å². The normalized spacial score (nSPS) is 12.5. The van der Waals surface area contributed by atoms with E-state index < -0.39 is 6.10 Å². The van der Waals surface area contributed by atoms with Crippen molar-refractivity contribution >= 4 is 0 Å². The molecule has 5 nitrogen and oxygen atoms in total. The van der Waals surface area contributed by atoms with Crippen LogP contribution in [0.2, 0.25) is 0 Å². The molecule has 108 valence electrons. The Morgan fingerprint density at radius 2 is 2.20 bits per heavy atom. The van der Waals surface area contributed by atoms with Crippen molar-refractivity contribution in [3.05, 3.63) is 53.7 Å². The van der Waals surface area contributed by atoms with Gasteiger partial charge in [0.05, 0.1) is 25.0 Å². The van der Waals surface area contributed by atoms with Gasteiger partial charge in [-0.05, 0) is 6.07 Å². The molecule has 1 atom stereocenters. The second-order valence-corrected chi connectivity index (χ2v) is 4.38. The summed E-state index contributed by atoms with van der Waals surface area (Å²) in [6.45, 7) is 1.16. The quantitative estimate of drug-likeness (QED) is 0.766. The van der Waals surface area contributed by atoms with Gasteiger partial charge in [-0.3, -0.25) is 0 Å². The summed E-state index contributed by atoms with van der Waals surface area (Å²) in [5, 5.41) is 16.5. The predicted octanol–water partition coefficient (Wildman–Crippen LogP) is 1.48. The van der Waals surface area contributed by atoms with Crippen LogP contribution in [0.1, 0.15) is 11.3 Å². The Labute approximate surface area is 116 Å². The first kappa shape index (κ1) is 14.6. The molecule has 0 aliphatic heterocycles. The number of benzene rings is 1. The van der Waals surface area contributed by atoms with E-state index in [-0.39, 0.29) is 19.0 Å². The van der Waals surface area contributed by atoms with Gasteiger partial charge in [-0.1, -0.05) is 23.4 Å².